The van der Waals surface area contributed by atoms with Crippen LogP contribution in [0.5, 0.6) is 0 Å². The minimum absolute atomic E-state index is 0.237. The summed E-state index contributed by atoms with van der Waals surface area (Å²) in [6, 6.07) is 0. The molecule has 0 radical (unpaired) electrons. The molecule has 0 atom stereocenters. The molecule has 2 rings (SSSR count). The van der Waals surface area contributed by atoms with Gasteiger partial charge in [0.05, 0.1) is 0 Å². The lowest BCUT2D eigenvalue weighted by atomic mass is 10.1. The molecule has 0 spiro atoms. The average molecular weight is 174 g/mol. The summed E-state index contributed by atoms with van der Waals surface area (Å²) in [7, 11) is 0. The third-order valence-electron chi connectivity index (χ3n) is 2.06. The molecule has 1 aromatic rings. The minimum atomic E-state index is 0.237. The third-order valence-corrected chi connectivity index (χ3v) is 2.06. The van der Waals surface area contributed by atoms with Gasteiger partial charge in [-0.15, -0.1) is 6.42 Å². The molecule has 66 valence electrons. The second-order valence-corrected chi connectivity index (χ2v) is 2.93. The van der Waals surface area contributed by atoms with E-state index in [9.17, 15) is 0 Å². The Balaban J connectivity index is 2.58. The van der Waals surface area contributed by atoms with Gasteiger partial charge in [-0.25, -0.2) is 4.98 Å². The van der Waals surface area contributed by atoms with Gasteiger partial charge in [-0.1, -0.05) is 0 Å². The molecule has 0 unspecified atom stereocenters. The van der Waals surface area contributed by atoms with Crippen molar-refractivity contribution in [3.8, 4) is 12.3 Å². The van der Waals surface area contributed by atoms with Crippen LogP contribution in [0.3, 0.4) is 0 Å². The van der Waals surface area contributed by atoms with Gasteiger partial charge in [0, 0.05) is 12.1 Å². The Hall–Kier alpha value is -1.76. The highest BCUT2D eigenvalue weighted by Gasteiger charge is 2.14. The van der Waals surface area contributed by atoms with E-state index in [1.165, 1.54) is 0 Å². The van der Waals surface area contributed by atoms with Crippen molar-refractivity contribution < 1.29 is 0 Å². The number of terminal acetylenes is 1. The molecule has 0 bridgehead atoms. The molecule has 2 heterocycles. The maximum absolute atomic E-state index is 5.50. The van der Waals surface area contributed by atoms with Crippen LogP contribution in [0.1, 0.15) is 17.7 Å². The molecule has 0 fully saturated rings. The fourth-order valence-corrected chi connectivity index (χ4v) is 1.48. The minimum Gasteiger partial charge on any atom is -0.370 e. The molecular weight excluding hydrogens is 164 g/mol. The first-order chi connectivity index (χ1) is 6.31. The molecule has 0 saturated heterocycles. The molecule has 0 aliphatic carbocycles. The topological polar surface area (TPSA) is 63.8 Å². The normalized spacial score (nSPS) is 14.1. The zero-order valence-electron chi connectivity index (χ0n) is 7.17. The summed E-state index contributed by atoms with van der Waals surface area (Å²) in [5.41, 5.74) is 7.14. The van der Waals surface area contributed by atoms with Crippen LogP contribution >= 0.6 is 0 Å². The predicted molar refractivity (Wildman–Crippen MR) is 51.2 cm³/mol. The number of aromatic nitrogens is 2. The lowest BCUT2D eigenvalue weighted by molar-refractivity contribution is 0.807. The number of hydrogen-bond acceptors (Lipinski definition) is 4. The van der Waals surface area contributed by atoms with Crippen LogP contribution in [-0.2, 0) is 6.42 Å². The number of nitrogens with two attached hydrogens (primary N) is 1. The monoisotopic (exact) mass is 174 g/mol. The standard InChI is InChI=1S/C9H10N4/c1-2-7-6-4-3-5-11-8(6)13-9(10)12-7/h1H,3-5H2,(H3,10,11,12,13). The molecule has 0 aromatic carbocycles. The van der Waals surface area contributed by atoms with Crippen molar-refractivity contribution in [2.45, 2.75) is 12.8 Å². The van der Waals surface area contributed by atoms with Gasteiger partial charge in [-0.05, 0) is 18.8 Å². The summed E-state index contributed by atoms with van der Waals surface area (Å²) in [4.78, 5) is 8.08. The fraction of sp³-hybridized carbons (Fsp3) is 0.333. The lowest BCUT2D eigenvalue weighted by Gasteiger charge is -2.17. The van der Waals surface area contributed by atoms with Crippen LogP contribution in [-0.4, -0.2) is 16.5 Å². The van der Waals surface area contributed by atoms with Crippen LogP contribution in [0.25, 0.3) is 0 Å². The number of rotatable bonds is 0. The number of nitrogen functional groups attached to an aromatic ring is 1. The summed E-state index contributed by atoms with van der Waals surface area (Å²) in [5.74, 6) is 3.56. The first-order valence-electron chi connectivity index (χ1n) is 4.18. The quantitative estimate of drug-likeness (QED) is 0.559. The summed E-state index contributed by atoms with van der Waals surface area (Å²) < 4.78 is 0. The maximum Gasteiger partial charge on any atom is 0.223 e. The van der Waals surface area contributed by atoms with Crippen LogP contribution in [0.4, 0.5) is 11.8 Å². The Morgan fingerprint density at radius 2 is 2.31 bits per heavy atom. The van der Waals surface area contributed by atoms with E-state index >= 15 is 0 Å². The van der Waals surface area contributed by atoms with E-state index in [1.54, 1.807) is 0 Å². The number of fused-ring (bicyclic) bond motifs is 1. The number of nitrogens with zero attached hydrogens (tertiary/aromatic N) is 2. The largest absolute Gasteiger partial charge is 0.370 e. The lowest BCUT2D eigenvalue weighted by Crippen LogP contribution is -2.16. The van der Waals surface area contributed by atoms with Crippen molar-refractivity contribution in [2.24, 2.45) is 0 Å². The number of nitrogens with one attached hydrogen (secondary N) is 1. The van der Waals surface area contributed by atoms with Gasteiger partial charge in [-0.2, -0.15) is 4.98 Å². The Labute approximate surface area is 76.6 Å². The first-order valence-corrected chi connectivity index (χ1v) is 4.18. The van der Waals surface area contributed by atoms with Gasteiger partial charge in [-0.3, -0.25) is 0 Å². The zero-order chi connectivity index (χ0) is 9.26. The molecular formula is C9H10N4. The van der Waals surface area contributed by atoms with Crippen molar-refractivity contribution in [1.82, 2.24) is 9.97 Å². The Morgan fingerprint density at radius 3 is 3.08 bits per heavy atom. The van der Waals surface area contributed by atoms with Crippen LogP contribution in [0.15, 0.2) is 0 Å². The Bertz CT molecular complexity index is 378. The van der Waals surface area contributed by atoms with Gasteiger partial charge in [0.2, 0.25) is 5.95 Å². The van der Waals surface area contributed by atoms with E-state index < -0.39 is 0 Å². The highest BCUT2D eigenvalue weighted by molar-refractivity contribution is 5.55. The van der Waals surface area contributed by atoms with Crippen LogP contribution in [0, 0.1) is 12.3 Å². The van der Waals surface area contributed by atoms with Gasteiger partial charge in [0.1, 0.15) is 11.5 Å². The second-order valence-electron chi connectivity index (χ2n) is 2.93. The first kappa shape index (κ1) is 7.87. The molecule has 4 nitrogen and oxygen atoms in total. The third kappa shape index (κ3) is 1.29. The SMILES string of the molecule is C#Cc1nc(N)nc2c1CCCN2. The van der Waals surface area contributed by atoms with E-state index in [4.69, 9.17) is 12.2 Å². The van der Waals surface area contributed by atoms with Crippen molar-refractivity contribution in [1.29, 1.82) is 0 Å². The summed E-state index contributed by atoms with van der Waals surface area (Å²) in [5, 5.41) is 3.15. The van der Waals surface area contributed by atoms with E-state index in [2.05, 4.69) is 21.2 Å². The smallest absolute Gasteiger partial charge is 0.223 e. The number of anilines is 2. The highest BCUT2D eigenvalue weighted by Crippen LogP contribution is 2.22. The van der Waals surface area contributed by atoms with Crippen molar-refractivity contribution in [2.75, 3.05) is 17.6 Å². The number of hydrogen-bond donors (Lipinski definition) is 2. The molecule has 0 saturated carbocycles. The van der Waals surface area contributed by atoms with E-state index in [-0.39, 0.29) is 5.95 Å². The zero-order valence-corrected chi connectivity index (χ0v) is 7.17. The predicted octanol–water partition coefficient (Wildman–Crippen LogP) is 0.398. The van der Waals surface area contributed by atoms with Gasteiger partial charge < -0.3 is 11.1 Å². The van der Waals surface area contributed by atoms with Crippen LogP contribution in [0.2, 0.25) is 0 Å². The molecule has 0 amide bonds. The molecule has 1 aromatic heterocycles. The maximum atomic E-state index is 5.50. The molecule has 4 heteroatoms. The van der Waals surface area contributed by atoms with Crippen molar-refractivity contribution in [3.05, 3.63) is 11.3 Å². The van der Waals surface area contributed by atoms with Crippen LogP contribution < -0.4 is 11.1 Å². The van der Waals surface area contributed by atoms with Gasteiger partial charge >= 0.3 is 0 Å². The van der Waals surface area contributed by atoms with Crippen molar-refractivity contribution in [3.63, 3.8) is 0 Å². The second kappa shape index (κ2) is 2.94. The van der Waals surface area contributed by atoms with E-state index in [0.717, 1.165) is 30.8 Å². The summed E-state index contributed by atoms with van der Waals surface area (Å²) in [6.45, 7) is 0.924. The van der Waals surface area contributed by atoms with E-state index in [0.29, 0.717) is 5.69 Å². The van der Waals surface area contributed by atoms with Crippen molar-refractivity contribution >= 4 is 11.8 Å². The Kier molecular flexibility index (Phi) is 1.78. The molecule has 13 heavy (non-hydrogen) atoms. The average Bonchev–Trinajstić information content (AvgIpc) is 2.16. The molecule has 3 N–H and O–H groups in total. The molecule has 1 aliphatic rings. The van der Waals surface area contributed by atoms with Gasteiger partial charge in [0.15, 0.2) is 0 Å². The summed E-state index contributed by atoms with van der Waals surface area (Å²) >= 11 is 0. The summed E-state index contributed by atoms with van der Waals surface area (Å²) in [6.07, 6.45) is 7.32. The molecule has 1 aliphatic heterocycles. The highest BCUT2D eigenvalue weighted by atomic mass is 15.1. The Morgan fingerprint density at radius 1 is 1.46 bits per heavy atom. The fourth-order valence-electron chi connectivity index (χ4n) is 1.48. The van der Waals surface area contributed by atoms with Gasteiger partial charge in [0.25, 0.3) is 0 Å². The van der Waals surface area contributed by atoms with E-state index in [1.807, 2.05) is 0 Å².